The molecule has 0 aromatic heterocycles. The first kappa shape index (κ1) is 100. The molecule has 602 valence electrons. The maximum absolute atomic E-state index is 13.1. The molecule has 0 fully saturated rings. The molecule has 5 atom stereocenters. The van der Waals surface area contributed by atoms with E-state index in [-0.39, 0.29) is 25.7 Å². The number of aliphatic hydroxyl groups excluding tert-OH is 1. The van der Waals surface area contributed by atoms with Crippen LogP contribution in [0.5, 0.6) is 0 Å². The van der Waals surface area contributed by atoms with Gasteiger partial charge >= 0.3 is 39.5 Å². The Hall–Kier alpha value is -5.58. The van der Waals surface area contributed by atoms with Crippen molar-refractivity contribution in [1.82, 2.24) is 0 Å². The fourth-order valence-corrected chi connectivity index (χ4v) is 11.7. The summed E-state index contributed by atoms with van der Waals surface area (Å²) in [6, 6.07) is 0. The number of carbonyl (C=O) groups is 4. The van der Waals surface area contributed by atoms with Crippen molar-refractivity contribution in [3.8, 4) is 0 Å². The summed E-state index contributed by atoms with van der Waals surface area (Å²) in [7, 11) is -10.0. The van der Waals surface area contributed by atoms with Crippen molar-refractivity contribution >= 4 is 39.5 Å². The Balaban J connectivity index is 5.46. The number of phosphoric ester groups is 2. The number of rotatable bonds is 74. The van der Waals surface area contributed by atoms with Crippen LogP contribution >= 0.6 is 15.6 Å². The van der Waals surface area contributed by atoms with Gasteiger partial charge in [-0.25, -0.2) is 9.13 Å². The number of phosphoric acid groups is 2. The number of ether oxygens (including phenoxy) is 4. The van der Waals surface area contributed by atoms with Gasteiger partial charge in [0.05, 0.1) is 32.8 Å². The molecule has 0 saturated carbocycles. The average molecular weight is 1520 g/mol. The van der Waals surface area contributed by atoms with Crippen LogP contribution in [-0.4, -0.2) is 96.7 Å². The summed E-state index contributed by atoms with van der Waals surface area (Å²) in [6.45, 7) is 4.42. The van der Waals surface area contributed by atoms with E-state index in [1.807, 2.05) is 12.2 Å². The molecule has 0 saturated heterocycles. The van der Waals surface area contributed by atoms with Crippen LogP contribution in [0.2, 0.25) is 0 Å². The molecule has 19 heteroatoms. The highest BCUT2D eigenvalue weighted by atomic mass is 31.2. The Kier molecular flexibility index (Phi) is 73.5. The fraction of sp³-hybridized carbons (Fsp3) is 0.632. The van der Waals surface area contributed by atoms with E-state index in [0.717, 1.165) is 173 Å². The number of carbonyl (C=O) groups excluding carboxylic acids is 4. The summed E-state index contributed by atoms with van der Waals surface area (Å²) in [4.78, 5) is 73.0. The summed E-state index contributed by atoms with van der Waals surface area (Å²) in [6.07, 6.45) is 92.2. The number of esters is 4. The highest BCUT2D eigenvalue weighted by Crippen LogP contribution is 2.45. The van der Waals surface area contributed by atoms with Gasteiger partial charge in [-0.15, -0.1) is 0 Å². The van der Waals surface area contributed by atoms with E-state index in [1.165, 1.54) is 44.9 Å². The van der Waals surface area contributed by atoms with Crippen LogP contribution in [0, 0.1) is 0 Å². The van der Waals surface area contributed by atoms with Gasteiger partial charge in [0, 0.05) is 19.3 Å². The Morgan fingerprint density at radius 1 is 0.283 bits per heavy atom. The Morgan fingerprint density at radius 2 is 0.528 bits per heavy atom. The minimum atomic E-state index is -5.02. The first-order chi connectivity index (χ1) is 51.7. The van der Waals surface area contributed by atoms with Crippen LogP contribution in [0.4, 0.5) is 0 Å². The molecule has 5 unspecified atom stereocenters. The van der Waals surface area contributed by atoms with Crippen molar-refractivity contribution in [1.29, 1.82) is 0 Å². The molecule has 0 aliphatic carbocycles. The maximum atomic E-state index is 13.1. The zero-order valence-electron chi connectivity index (χ0n) is 65.8. The molecule has 17 nitrogen and oxygen atoms in total. The zero-order valence-corrected chi connectivity index (χ0v) is 67.6. The number of allylic oxidation sites excluding steroid dienone is 27. The molecular formula is C87H142O17P2. The Morgan fingerprint density at radius 3 is 0.877 bits per heavy atom. The number of aliphatic hydroxyl groups is 1. The van der Waals surface area contributed by atoms with Crippen LogP contribution in [0.1, 0.15) is 297 Å². The summed E-state index contributed by atoms with van der Waals surface area (Å²) in [5.41, 5.74) is 0. The monoisotopic (exact) mass is 1520 g/mol. The zero-order chi connectivity index (χ0) is 77.4. The van der Waals surface area contributed by atoms with E-state index >= 15 is 0 Å². The molecule has 3 N–H and O–H groups in total. The third-order valence-electron chi connectivity index (χ3n) is 16.2. The first-order valence-corrected chi connectivity index (χ1v) is 43.4. The van der Waals surface area contributed by atoms with Crippen molar-refractivity contribution in [2.75, 3.05) is 39.6 Å². The van der Waals surface area contributed by atoms with Crippen LogP contribution < -0.4 is 0 Å². The minimum absolute atomic E-state index is 0.0690. The van der Waals surface area contributed by atoms with E-state index in [0.29, 0.717) is 25.7 Å². The summed E-state index contributed by atoms with van der Waals surface area (Å²) in [5.74, 6) is -2.39. The van der Waals surface area contributed by atoms with Crippen molar-refractivity contribution in [3.05, 3.63) is 170 Å². The molecule has 106 heavy (non-hydrogen) atoms. The van der Waals surface area contributed by atoms with E-state index in [1.54, 1.807) is 12.2 Å². The van der Waals surface area contributed by atoms with Gasteiger partial charge < -0.3 is 33.8 Å². The first-order valence-electron chi connectivity index (χ1n) is 40.4. The molecule has 0 radical (unpaired) electrons. The fourth-order valence-electron chi connectivity index (χ4n) is 10.1. The third kappa shape index (κ3) is 76.6. The average Bonchev–Trinajstić information content (AvgIpc) is 0.901. The quantitative estimate of drug-likeness (QED) is 0.0169. The van der Waals surface area contributed by atoms with Gasteiger partial charge in [0.15, 0.2) is 12.2 Å². The molecule has 0 aromatic rings. The van der Waals surface area contributed by atoms with Gasteiger partial charge in [-0.1, -0.05) is 281 Å². The molecular weight excluding hydrogens is 1380 g/mol. The molecule has 0 aliphatic heterocycles. The van der Waals surface area contributed by atoms with Crippen molar-refractivity contribution in [2.45, 2.75) is 316 Å². The van der Waals surface area contributed by atoms with Crippen LogP contribution in [0.25, 0.3) is 0 Å². The second-order valence-electron chi connectivity index (χ2n) is 26.3. The predicted molar refractivity (Wildman–Crippen MR) is 436 cm³/mol. The van der Waals surface area contributed by atoms with Crippen LogP contribution in [0.3, 0.4) is 0 Å². The Bertz CT molecular complexity index is 2680. The van der Waals surface area contributed by atoms with Gasteiger partial charge in [-0.05, 0) is 161 Å². The van der Waals surface area contributed by atoms with E-state index in [4.69, 9.17) is 37.0 Å². The van der Waals surface area contributed by atoms with Crippen LogP contribution in [0.15, 0.2) is 170 Å². The predicted octanol–water partition coefficient (Wildman–Crippen LogP) is 23.8. The molecule has 0 aromatic carbocycles. The minimum Gasteiger partial charge on any atom is -0.462 e. The number of hydrogen-bond donors (Lipinski definition) is 3. The van der Waals surface area contributed by atoms with Gasteiger partial charge in [0.25, 0.3) is 0 Å². The van der Waals surface area contributed by atoms with E-state index < -0.39 is 97.5 Å². The number of hydrogen-bond acceptors (Lipinski definition) is 15. The standard InChI is InChI=1S/C87H142O17P2/c1-5-9-13-17-21-25-29-33-36-38-40-42-45-48-51-55-59-63-67-71-84(89)97-77-82(103-86(91)73-69-65-61-57-53-47-32-28-24-20-16-12-8-4)79-101-105(93,94)99-75-81(88)76-100-106(95,96)102-80-83(104-87(92)74-70-66-62-58-54-50-44-35-31-27-23-19-15-11-7-3)78-98-85(90)72-68-64-60-56-52-49-46-43-41-39-37-34-30-26-22-18-14-10-6-2/h9,11,13,15,21-23,25-28,32-37,40-44,48,51,54,58,66,70,81-83,88H,5-8,10,12,14,16-20,24,29-31,38-39,45-47,49-50,52-53,55-57,59-65,67-69,71-80H2,1-4H3,(H,93,94)(H,95,96)/b13-9-,15-11-,25-21-,26-22-,27-23-,32-28-,36-33-,37-34-,42-40-,43-41-,44-35-,51-48-,58-54-,70-66-. The molecule has 0 spiro atoms. The molecule has 0 bridgehead atoms. The van der Waals surface area contributed by atoms with Gasteiger partial charge in [-0.2, -0.15) is 0 Å². The smallest absolute Gasteiger partial charge is 0.462 e. The van der Waals surface area contributed by atoms with E-state index in [2.05, 4.69) is 174 Å². The lowest BCUT2D eigenvalue weighted by Crippen LogP contribution is -2.30. The SMILES string of the molecule is CC/C=C\C/C=C\C/C=C\C/C=C\C/C=C\CCCCCC(=O)OCC(COP(=O)(O)OCC(O)COP(=O)(O)OCC(COC(=O)CCCCCCCC/C=C\C/C=C\C/C=C\CCCCC)OC(=O)C/C=C\C/C=C\C/C=C\C/C=C\C/C=C\CC)OC(=O)CCCCCCC/C=C\CCCCCC. The third-order valence-corrected chi connectivity index (χ3v) is 18.1. The largest absolute Gasteiger partial charge is 0.472 e. The normalized spacial score (nSPS) is 14.7. The summed E-state index contributed by atoms with van der Waals surface area (Å²) >= 11 is 0. The lowest BCUT2D eigenvalue weighted by molar-refractivity contribution is -0.161. The van der Waals surface area contributed by atoms with Crippen molar-refractivity contribution in [3.63, 3.8) is 0 Å². The maximum Gasteiger partial charge on any atom is 0.472 e. The van der Waals surface area contributed by atoms with Crippen LogP contribution in [-0.2, 0) is 65.4 Å². The lowest BCUT2D eigenvalue weighted by atomic mass is 10.1. The Labute approximate surface area is 642 Å². The van der Waals surface area contributed by atoms with Crippen molar-refractivity contribution < 1.29 is 80.2 Å². The number of unbranched alkanes of at least 4 members (excludes halogenated alkanes) is 21. The van der Waals surface area contributed by atoms with Crippen molar-refractivity contribution in [2.24, 2.45) is 0 Å². The highest BCUT2D eigenvalue weighted by Gasteiger charge is 2.30. The topological polar surface area (TPSA) is 237 Å². The molecule has 0 amide bonds. The van der Waals surface area contributed by atoms with Gasteiger partial charge in [-0.3, -0.25) is 37.3 Å². The lowest BCUT2D eigenvalue weighted by Gasteiger charge is -2.21. The summed E-state index contributed by atoms with van der Waals surface area (Å²) in [5, 5.41) is 10.6. The van der Waals surface area contributed by atoms with E-state index in [9.17, 15) is 43.2 Å². The van der Waals surface area contributed by atoms with Gasteiger partial charge in [0.1, 0.15) is 19.3 Å². The molecule has 0 heterocycles. The summed E-state index contributed by atoms with van der Waals surface area (Å²) < 4.78 is 68.4. The molecule has 0 aliphatic rings. The second kappa shape index (κ2) is 77.6. The highest BCUT2D eigenvalue weighted by molar-refractivity contribution is 7.47. The second-order valence-corrected chi connectivity index (χ2v) is 29.2. The van der Waals surface area contributed by atoms with Gasteiger partial charge in [0.2, 0.25) is 0 Å². The molecule has 0 rings (SSSR count).